The number of carbonyl (C=O) groups excluding carboxylic acids is 1. The van der Waals surface area contributed by atoms with Gasteiger partial charge in [0.25, 0.3) is 0 Å². The van der Waals surface area contributed by atoms with Crippen molar-refractivity contribution in [2.75, 3.05) is 19.7 Å². The van der Waals surface area contributed by atoms with Crippen molar-refractivity contribution in [3.8, 4) is 5.75 Å². The largest absolute Gasteiger partial charge is 0.493 e. The quantitative estimate of drug-likeness (QED) is 0.633. The van der Waals surface area contributed by atoms with Crippen molar-refractivity contribution in [3.05, 3.63) is 64.1 Å². The molecule has 0 aromatic heterocycles. The van der Waals surface area contributed by atoms with E-state index in [0.29, 0.717) is 40.7 Å². The molecule has 0 aliphatic carbocycles. The zero-order chi connectivity index (χ0) is 21.8. The van der Waals surface area contributed by atoms with Crippen LogP contribution in [0.1, 0.15) is 24.8 Å². The van der Waals surface area contributed by atoms with Crippen molar-refractivity contribution < 1.29 is 17.9 Å². The van der Waals surface area contributed by atoms with E-state index in [0.717, 1.165) is 0 Å². The molecule has 0 spiro atoms. The lowest BCUT2D eigenvalue weighted by atomic mass is 9.78. The molecule has 0 radical (unpaired) electrons. The van der Waals surface area contributed by atoms with Crippen LogP contribution in [0.15, 0.2) is 48.5 Å². The van der Waals surface area contributed by atoms with Crippen molar-refractivity contribution >= 4 is 39.1 Å². The normalized spacial score (nSPS) is 20.1. The topological polar surface area (TPSA) is 89.7 Å². The SMILES string of the molecule is NC(=O)C[C@@]1(COc2cccc(Cl)c2)CCCN(S(=O)(=O)Cc2cccc(Cl)c2)C1. The van der Waals surface area contributed by atoms with E-state index in [1.165, 1.54) is 4.31 Å². The zero-order valence-electron chi connectivity index (χ0n) is 16.4. The molecule has 2 aromatic rings. The summed E-state index contributed by atoms with van der Waals surface area (Å²) in [4.78, 5) is 11.8. The molecule has 0 unspecified atom stereocenters. The highest BCUT2D eigenvalue weighted by Gasteiger charge is 2.41. The molecule has 1 aliphatic rings. The summed E-state index contributed by atoms with van der Waals surface area (Å²) in [5, 5.41) is 1.02. The summed E-state index contributed by atoms with van der Waals surface area (Å²) >= 11 is 12.0. The van der Waals surface area contributed by atoms with Gasteiger partial charge in [-0.3, -0.25) is 4.79 Å². The number of ether oxygens (including phenoxy) is 1. The molecule has 2 aromatic carbocycles. The van der Waals surface area contributed by atoms with E-state index in [1.54, 1.807) is 48.5 Å². The molecule has 3 rings (SSSR count). The number of sulfonamides is 1. The Morgan fingerprint density at radius 2 is 1.83 bits per heavy atom. The van der Waals surface area contributed by atoms with Gasteiger partial charge < -0.3 is 10.5 Å². The van der Waals surface area contributed by atoms with Gasteiger partial charge in [-0.2, -0.15) is 0 Å². The van der Waals surface area contributed by atoms with E-state index in [2.05, 4.69) is 0 Å². The number of benzene rings is 2. The molecule has 0 bridgehead atoms. The van der Waals surface area contributed by atoms with E-state index in [1.807, 2.05) is 0 Å². The van der Waals surface area contributed by atoms with Crippen LogP contribution in [0.2, 0.25) is 10.0 Å². The molecule has 1 amide bonds. The monoisotopic (exact) mass is 470 g/mol. The van der Waals surface area contributed by atoms with E-state index in [4.69, 9.17) is 33.7 Å². The molecular formula is C21H24Cl2N2O4S. The molecule has 30 heavy (non-hydrogen) atoms. The van der Waals surface area contributed by atoms with Crippen molar-refractivity contribution in [1.82, 2.24) is 4.31 Å². The average molecular weight is 471 g/mol. The highest BCUT2D eigenvalue weighted by molar-refractivity contribution is 7.88. The Kier molecular flexibility index (Phi) is 7.29. The third-order valence-electron chi connectivity index (χ3n) is 5.15. The highest BCUT2D eigenvalue weighted by atomic mass is 35.5. The summed E-state index contributed by atoms with van der Waals surface area (Å²) in [5.41, 5.74) is 5.41. The third kappa shape index (κ3) is 6.11. The van der Waals surface area contributed by atoms with Gasteiger partial charge in [-0.05, 0) is 48.7 Å². The van der Waals surface area contributed by atoms with Crippen LogP contribution < -0.4 is 10.5 Å². The second-order valence-electron chi connectivity index (χ2n) is 7.71. The average Bonchev–Trinajstić information content (AvgIpc) is 2.66. The summed E-state index contributed by atoms with van der Waals surface area (Å²) in [7, 11) is -3.60. The van der Waals surface area contributed by atoms with Crippen LogP contribution in [0.4, 0.5) is 0 Å². The van der Waals surface area contributed by atoms with Crippen molar-refractivity contribution in [3.63, 3.8) is 0 Å². The lowest BCUT2D eigenvalue weighted by Crippen LogP contribution is -2.50. The Balaban J connectivity index is 1.78. The van der Waals surface area contributed by atoms with Crippen LogP contribution in [0.3, 0.4) is 0 Å². The van der Waals surface area contributed by atoms with E-state index in [9.17, 15) is 13.2 Å². The van der Waals surface area contributed by atoms with Gasteiger partial charge in [-0.1, -0.05) is 41.4 Å². The van der Waals surface area contributed by atoms with Gasteiger partial charge in [0.1, 0.15) is 5.75 Å². The van der Waals surface area contributed by atoms with Crippen molar-refractivity contribution in [2.24, 2.45) is 11.1 Å². The Bertz CT molecular complexity index is 1020. The van der Waals surface area contributed by atoms with Crippen molar-refractivity contribution in [2.45, 2.75) is 25.0 Å². The number of primary amides is 1. The number of hydrogen-bond donors (Lipinski definition) is 1. The van der Waals surface area contributed by atoms with Gasteiger partial charge in [0.2, 0.25) is 15.9 Å². The van der Waals surface area contributed by atoms with Crippen LogP contribution in [0, 0.1) is 5.41 Å². The number of hydrogen-bond acceptors (Lipinski definition) is 4. The fourth-order valence-electron chi connectivity index (χ4n) is 3.80. The lowest BCUT2D eigenvalue weighted by molar-refractivity contribution is -0.121. The maximum atomic E-state index is 13.1. The minimum Gasteiger partial charge on any atom is -0.493 e. The molecule has 9 heteroatoms. The second-order valence-corrected chi connectivity index (χ2v) is 10.6. The molecular weight excluding hydrogens is 447 g/mol. The first-order valence-electron chi connectivity index (χ1n) is 9.56. The number of carbonyl (C=O) groups is 1. The standard InChI is InChI=1S/C21H24Cl2N2O4S/c22-17-5-1-4-16(10-17)13-30(27,28)25-9-3-8-21(14-25,12-20(24)26)15-29-19-7-2-6-18(23)11-19/h1-2,4-7,10-11H,3,8-9,12-15H2,(H2,24,26)/t21-/m0/s1. The first kappa shape index (κ1) is 22.9. The number of nitrogens with two attached hydrogens (primary N) is 1. The lowest BCUT2D eigenvalue weighted by Gasteiger charge is -2.41. The maximum absolute atomic E-state index is 13.1. The first-order chi connectivity index (χ1) is 14.2. The van der Waals surface area contributed by atoms with Gasteiger partial charge in [-0.25, -0.2) is 12.7 Å². The van der Waals surface area contributed by atoms with Crippen LogP contribution in [-0.4, -0.2) is 38.3 Å². The molecule has 1 atom stereocenters. The van der Waals surface area contributed by atoms with Crippen LogP contribution in [0.5, 0.6) is 5.75 Å². The van der Waals surface area contributed by atoms with Gasteiger partial charge >= 0.3 is 0 Å². The fourth-order valence-corrected chi connectivity index (χ4v) is 5.86. The predicted molar refractivity (Wildman–Crippen MR) is 118 cm³/mol. The molecule has 0 saturated carbocycles. The van der Waals surface area contributed by atoms with E-state index < -0.39 is 21.3 Å². The van der Waals surface area contributed by atoms with Crippen LogP contribution in [0.25, 0.3) is 0 Å². The summed E-state index contributed by atoms with van der Waals surface area (Å²) in [6, 6.07) is 13.7. The molecule has 1 fully saturated rings. The minimum atomic E-state index is -3.60. The van der Waals surface area contributed by atoms with Gasteiger partial charge in [0, 0.05) is 35.0 Å². The summed E-state index contributed by atoms with van der Waals surface area (Å²) in [5.74, 6) is -0.0842. The Morgan fingerprint density at radius 3 is 2.50 bits per heavy atom. The fraction of sp³-hybridized carbons (Fsp3) is 0.381. The highest BCUT2D eigenvalue weighted by Crippen LogP contribution is 2.36. The Morgan fingerprint density at radius 1 is 1.13 bits per heavy atom. The second kappa shape index (κ2) is 9.56. The molecule has 1 heterocycles. The molecule has 1 saturated heterocycles. The van der Waals surface area contributed by atoms with E-state index in [-0.39, 0.29) is 25.3 Å². The molecule has 1 aliphatic heterocycles. The minimum absolute atomic E-state index is 0.0384. The molecule has 162 valence electrons. The third-order valence-corrected chi connectivity index (χ3v) is 7.41. The number of amides is 1. The van der Waals surface area contributed by atoms with E-state index >= 15 is 0 Å². The smallest absolute Gasteiger partial charge is 0.218 e. The predicted octanol–water partition coefficient (Wildman–Crippen LogP) is 3.86. The summed E-state index contributed by atoms with van der Waals surface area (Å²) < 4.78 is 33.5. The Labute approximate surface area is 187 Å². The van der Waals surface area contributed by atoms with Crippen LogP contribution in [-0.2, 0) is 20.6 Å². The van der Waals surface area contributed by atoms with Crippen molar-refractivity contribution in [1.29, 1.82) is 0 Å². The first-order valence-corrected chi connectivity index (χ1v) is 11.9. The van der Waals surface area contributed by atoms with Gasteiger partial charge in [0.05, 0.1) is 12.4 Å². The molecule has 6 nitrogen and oxygen atoms in total. The zero-order valence-corrected chi connectivity index (χ0v) is 18.7. The number of piperidine rings is 1. The number of nitrogens with zero attached hydrogens (tertiary/aromatic N) is 1. The summed E-state index contributed by atoms with van der Waals surface area (Å²) in [6.07, 6.45) is 1.29. The van der Waals surface area contributed by atoms with Gasteiger partial charge in [0.15, 0.2) is 0 Å². The summed E-state index contributed by atoms with van der Waals surface area (Å²) in [6.45, 7) is 0.722. The molecule has 2 N–H and O–H groups in total. The van der Waals surface area contributed by atoms with Gasteiger partial charge in [-0.15, -0.1) is 0 Å². The maximum Gasteiger partial charge on any atom is 0.218 e. The number of rotatable bonds is 8. The Hall–Kier alpha value is -1.80. The number of halogens is 2. The van der Waals surface area contributed by atoms with Crippen LogP contribution >= 0.6 is 23.2 Å².